The first-order valence-corrected chi connectivity index (χ1v) is 15.6. The van der Waals surface area contributed by atoms with Gasteiger partial charge in [0.1, 0.15) is 12.6 Å². The minimum absolute atomic E-state index is 0.0453. The Balaban J connectivity index is 1.77. The molecule has 0 heterocycles. The van der Waals surface area contributed by atoms with Gasteiger partial charge in [-0.2, -0.15) is 0 Å². The number of anilines is 1. The van der Waals surface area contributed by atoms with E-state index in [4.69, 9.17) is 11.6 Å². The van der Waals surface area contributed by atoms with Gasteiger partial charge in [-0.25, -0.2) is 8.42 Å². The molecule has 0 radical (unpaired) electrons. The highest BCUT2D eigenvalue weighted by Crippen LogP contribution is 2.26. The van der Waals surface area contributed by atoms with Crippen molar-refractivity contribution >= 4 is 39.1 Å². The van der Waals surface area contributed by atoms with Gasteiger partial charge in [0.25, 0.3) is 10.0 Å². The lowest BCUT2D eigenvalue weighted by Crippen LogP contribution is -2.53. The van der Waals surface area contributed by atoms with E-state index in [1.165, 1.54) is 17.0 Å². The summed E-state index contributed by atoms with van der Waals surface area (Å²) in [5, 5.41) is 3.38. The fourth-order valence-corrected chi connectivity index (χ4v) is 6.12. The van der Waals surface area contributed by atoms with Crippen LogP contribution in [0, 0.1) is 0 Å². The number of nitrogens with one attached hydrogen (secondary N) is 1. The molecule has 0 aliphatic heterocycles. The quantitative estimate of drug-likeness (QED) is 0.212. The molecule has 0 fully saturated rings. The lowest BCUT2D eigenvalue weighted by atomic mass is 10.0. The van der Waals surface area contributed by atoms with Crippen LogP contribution in [-0.4, -0.2) is 44.3 Å². The van der Waals surface area contributed by atoms with E-state index in [0.717, 1.165) is 21.9 Å². The molecule has 0 saturated heterocycles. The van der Waals surface area contributed by atoms with Gasteiger partial charge in [-0.3, -0.25) is 13.9 Å². The zero-order chi connectivity index (χ0) is 30.0. The predicted molar refractivity (Wildman–Crippen MR) is 167 cm³/mol. The van der Waals surface area contributed by atoms with Crippen LogP contribution >= 0.6 is 11.6 Å². The third kappa shape index (κ3) is 7.99. The van der Waals surface area contributed by atoms with Crippen molar-refractivity contribution in [2.75, 3.05) is 17.4 Å². The molecule has 0 aliphatic rings. The van der Waals surface area contributed by atoms with Crippen LogP contribution in [0.4, 0.5) is 5.69 Å². The Morgan fingerprint density at radius 3 is 1.90 bits per heavy atom. The van der Waals surface area contributed by atoms with Crippen LogP contribution < -0.4 is 9.62 Å². The summed E-state index contributed by atoms with van der Waals surface area (Å²) in [4.78, 5) is 29.4. The molecule has 0 saturated carbocycles. The van der Waals surface area contributed by atoms with Crippen molar-refractivity contribution in [3.63, 3.8) is 0 Å². The number of nitrogens with zero attached hydrogens (tertiary/aromatic N) is 2. The summed E-state index contributed by atoms with van der Waals surface area (Å²) in [7, 11) is -4.15. The fraction of sp³-hybridized carbons (Fsp3) is 0.212. The maximum absolute atomic E-state index is 14.3. The third-order valence-electron chi connectivity index (χ3n) is 6.74. The topological polar surface area (TPSA) is 86.8 Å². The van der Waals surface area contributed by atoms with Crippen molar-refractivity contribution in [2.24, 2.45) is 0 Å². The SMILES string of the molecule is CCCNC(=O)[C@@H](Cc1ccccc1)N(Cc1ccccc1)C(=O)CN(c1ccc(Cl)cc1)S(=O)(=O)c1ccccc1. The van der Waals surface area contributed by atoms with Crippen molar-refractivity contribution in [3.05, 3.63) is 131 Å². The monoisotopic (exact) mass is 603 g/mol. The van der Waals surface area contributed by atoms with Gasteiger partial charge in [0.05, 0.1) is 10.6 Å². The molecule has 1 atom stereocenters. The molecule has 9 heteroatoms. The molecule has 0 aromatic heterocycles. The van der Waals surface area contributed by atoms with E-state index >= 15 is 0 Å². The highest BCUT2D eigenvalue weighted by atomic mass is 35.5. The number of hydrogen-bond donors (Lipinski definition) is 1. The van der Waals surface area contributed by atoms with Gasteiger partial charge >= 0.3 is 0 Å². The number of benzene rings is 4. The predicted octanol–water partition coefficient (Wildman–Crippen LogP) is 5.70. The largest absolute Gasteiger partial charge is 0.354 e. The minimum atomic E-state index is -4.15. The summed E-state index contributed by atoms with van der Waals surface area (Å²) in [6.45, 7) is 2.02. The maximum atomic E-state index is 14.3. The Bertz CT molecular complexity index is 1550. The molecule has 218 valence electrons. The minimum Gasteiger partial charge on any atom is -0.354 e. The normalized spacial score (nSPS) is 11.9. The number of carbonyl (C=O) groups is 2. The summed E-state index contributed by atoms with van der Waals surface area (Å²) in [6.07, 6.45) is 0.997. The molecule has 4 aromatic rings. The van der Waals surface area contributed by atoms with Crippen LogP contribution in [-0.2, 0) is 32.6 Å². The van der Waals surface area contributed by atoms with Gasteiger partial charge < -0.3 is 10.2 Å². The second-order valence-corrected chi connectivity index (χ2v) is 12.1. The highest BCUT2D eigenvalue weighted by molar-refractivity contribution is 7.92. The van der Waals surface area contributed by atoms with Crippen molar-refractivity contribution in [1.29, 1.82) is 0 Å². The summed E-state index contributed by atoms with van der Waals surface area (Å²) in [5.41, 5.74) is 1.98. The Hall–Kier alpha value is -4.14. The van der Waals surface area contributed by atoms with Crippen LogP contribution in [0.3, 0.4) is 0 Å². The first-order chi connectivity index (χ1) is 20.3. The molecule has 0 bridgehead atoms. The number of halogens is 1. The van der Waals surface area contributed by atoms with E-state index in [2.05, 4.69) is 5.32 Å². The Labute approximate surface area is 252 Å². The van der Waals surface area contributed by atoms with Gasteiger partial charge in [0, 0.05) is 24.5 Å². The van der Waals surface area contributed by atoms with Gasteiger partial charge in [-0.15, -0.1) is 0 Å². The molecular weight excluding hydrogens is 570 g/mol. The molecule has 4 aromatic carbocycles. The van der Waals surface area contributed by atoms with E-state index < -0.39 is 28.5 Å². The number of hydrogen-bond acceptors (Lipinski definition) is 4. The van der Waals surface area contributed by atoms with Crippen LogP contribution in [0.5, 0.6) is 0 Å². The Kier molecular flexibility index (Phi) is 10.8. The summed E-state index contributed by atoms with van der Waals surface area (Å²) < 4.78 is 28.9. The van der Waals surface area contributed by atoms with E-state index in [9.17, 15) is 18.0 Å². The first kappa shape index (κ1) is 30.8. The van der Waals surface area contributed by atoms with Crippen molar-refractivity contribution in [2.45, 2.75) is 37.2 Å². The Morgan fingerprint density at radius 1 is 0.786 bits per heavy atom. The molecule has 42 heavy (non-hydrogen) atoms. The van der Waals surface area contributed by atoms with Gasteiger partial charge in [-0.1, -0.05) is 97.4 Å². The van der Waals surface area contributed by atoms with E-state index in [0.29, 0.717) is 11.6 Å². The second-order valence-electron chi connectivity index (χ2n) is 9.80. The average Bonchev–Trinajstić information content (AvgIpc) is 3.02. The van der Waals surface area contributed by atoms with Crippen LogP contribution in [0.15, 0.2) is 120 Å². The van der Waals surface area contributed by atoms with Crippen molar-refractivity contribution < 1.29 is 18.0 Å². The van der Waals surface area contributed by atoms with E-state index in [1.54, 1.807) is 42.5 Å². The summed E-state index contributed by atoms with van der Waals surface area (Å²) in [6, 6.07) is 32.2. The number of amides is 2. The lowest BCUT2D eigenvalue weighted by Gasteiger charge is -2.34. The number of sulfonamides is 1. The second kappa shape index (κ2) is 14.7. The lowest BCUT2D eigenvalue weighted by molar-refractivity contribution is -0.140. The molecule has 0 aliphatic carbocycles. The molecule has 0 spiro atoms. The van der Waals surface area contributed by atoms with Crippen molar-refractivity contribution in [1.82, 2.24) is 10.2 Å². The van der Waals surface area contributed by atoms with Gasteiger partial charge in [0.2, 0.25) is 11.8 Å². The number of carbonyl (C=O) groups excluding carboxylic acids is 2. The standard InChI is InChI=1S/C33H34ClN3O4S/c1-2-22-35-33(39)31(23-26-12-6-3-7-13-26)36(24-27-14-8-4-9-15-27)32(38)25-37(29-20-18-28(34)19-21-29)42(40,41)30-16-10-5-11-17-30/h3-21,31H,2,22-25H2,1H3,(H,35,39)/t31-/m1/s1. The molecule has 0 unspecified atom stereocenters. The average molecular weight is 604 g/mol. The third-order valence-corrected chi connectivity index (χ3v) is 8.78. The number of rotatable bonds is 13. The zero-order valence-corrected chi connectivity index (χ0v) is 25.0. The summed E-state index contributed by atoms with van der Waals surface area (Å²) in [5.74, 6) is -0.810. The van der Waals surface area contributed by atoms with Crippen LogP contribution in [0.2, 0.25) is 5.02 Å². The van der Waals surface area contributed by atoms with E-state index in [1.807, 2.05) is 67.6 Å². The fourth-order valence-electron chi connectivity index (χ4n) is 4.56. The highest BCUT2D eigenvalue weighted by Gasteiger charge is 2.34. The van der Waals surface area contributed by atoms with Crippen LogP contribution in [0.1, 0.15) is 24.5 Å². The molecule has 4 rings (SSSR count). The molecule has 1 N–H and O–H groups in total. The van der Waals surface area contributed by atoms with Gasteiger partial charge in [0.15, 0.2) is 0 Å². The molecule has 2 amide bonds. The molecular formula is C33H34ClN3O4S. The van der Waals surface area contributed by atoms with Gasteiger partial charge in [-0.05, 0) is 53.9 Å². The van der Waals surface area contributed by atoms with Crippen LogP contribution in [0.25, 0.3) is 0 Å². The zero-order valence-electron chi connectivity index (χ0n) is 23.4. The molecule has 7 nitrogen and oxygen atoms in total. The smallest absolute Gasteiger partial charge is 0.264 e. The first-order valence-electron chi connectivity index (χ1n) is 13.8. The maximum Gasteiger partial charge on any atom is 0.264 e. The summed E-state index contributed by atoms with van der Waals surface area (Å²) >= 11 is 6.10. The van der Waals surface area contributed by atoms with E-state index in [-0.39, 0.29) is 29.5 Å². The Morgan fingerprint density at radius 2 is 1.33 bits per heavy atom. The van der Waals surface area contributed by atoms with Crippen molar-refractivity contribution in [3.8, 4) is 0 Å².